The Labute approximate surface area is 468 Å². The number of carbonyl (C=O) groups excluding carboxylic acids is 2. The third-order valence-electron chi connectivity index (χ3n) is 15.6. The van der Waals surface area contributed by atoms with Crippen molar-refractivity contribution >= 4 is 11.9 Å². The number of allylic oxidation sites excluding steroid dienone is 5. The summed E-state index contributed by atoms with van der Waals surface area (Å²) in [5.41, 5.74) is 0. The van der Waals surface area contributed by atoms with Crippen LogP contribution in [-0.2, 0) is 14.3 Å². The zero-order valence-electron chi connectivity index (χ0n) is 50.5. The first-order chi connectivity index (χ1) is 37.0. The molecule has 0 radical (unpaired) electrons. The van der Waals surface area contributed by atoms with Gasteiger partial charge in [0.25, 0.3) is 0 Å². The lowest BCUT2D eigenvalue weighted by Crippen LogP contribution is -2.45. The lowest BCUT2D eigenvalue weighted by atomic mass is 10.0. The largest absolute Gasteiger partial charge is 0.466 e. The molecular weight excluding hydrogens is 923 g/mol. The molecule has 6 nitrogen and oxygen atoms in total. The van der Waals surface area contributed by atoms with E-state index >= 15 is 0 Å². The molecular formula is C69H131NO5. The number of nitrogens with one attached hydrogen (secondary N) is 1. The van der Waals surface area contributed by atoms with Gasteiger partial charge >= 0.3 is 5.97 Å². The third kappa shape index (κ3) is 61.2. The molecule has 1 amide bonds. The lowest BCUT2D eigenvalue weighted by Gasteiger charge is -2.20. The molecule has 0 aromatic rings. The van der Waals surface area contributed by atoms with Crippen LogP contribution in [-0.4, -0.2) is 47.4 Å². The van der Waals surface area contributed by atoms with Crippen molar-refractivity contribution in [3.63, 3.8) is 0 Å². The van der Waals surface area contributed by atoms with Crippen LogP contribution in [0.1, 0.15) is 367 Å². The molecule has 0 fully saturated rings. The highest BCUT2D eigenvalue weighted by atomic mass is 16.5. The third-order valence-corrected chi connectivity index (χ3v) is 15.6. The van der Waals surface area contributed by atoms with Gasteiger partial charge < -0.3 is 20.3 Å². The Balaban J connectivity index is 3.47. The number of amides is 1. The molecule has 2 atom stereocenters. The van der Waals surface area contributed by atoms with Crippen LogP contribution in [0, 0.1) is 0 Å². The van der Waals surface area contributed by atoms with Crippen molar-refractivity contribution in [2.45, 2.75) is 379 Å². The quantitative estimate of drug-likeness (QED) is 0.0320. The fraction of sp³-hybridized carbons (Fsp3) is 0.884. The molecule has 0 aliphatic rings. The maximum atomic E-state index is 12.5. The van der Waals surface area contributed by atoms with Gasteiger partial charge in [0.2, 0.25) is 5.91 Å². The van der Waals surface area contributed by atoms with E-state index in [0.29, 0.717) is 19.4 Å². The summed E-state index contributed by atoms with van der Waals surface area (Å²) in [6.45, 7) is 4.91. The lowest BCUT2D eigenvalue weighted by molar-refractivity contribution is -0.143. The van der Waals surface area contributed by atoms with E-state index in [9.17, 15) is 19.8 Å². The predicted octanol–water partition coefficient (Wildman–Crippen LogP) is 21.5. The van der Waals surface area contributed by atoms with E-state index < -0.39 is 12.1 Å². The van der Waals surface area contributed by atoms with Gasteiger partial charge in [-0.05, 0) is 83.5 Å². The molecule has 0 aliphatic heterocycles. The number of ether oxygens (including phenoxy) is 1. The van der Waals surface area contributed by atoms with Gasteiger partial charge in [0, 0.05) is 12.8 Å². The summed E-state index contributed by atoms with van der Waals surface area (Å²) in [6, 6.07) is -0.640. The molecule has 0 rings (SSSR count). The SMILES string of the molecule is CCCCCCCC/C=C\CCCCCCCCCC(=O)OCCCCCCCCCCC/C=C\CCCCCCCC(=O)NC(CO)C(O)/C=C/CCCCCCCCCCCCCCCCCCCCCCC. The van der Waals surface area contributed by atoms with Crippen LogP contribution in [0.15, 0.2) is 36.5 Å². The minimum Gasteiger partial charge on any atom is -0.466 e. The summed E-state index contributed by atoms with van der Waals surface area (Å²) in [5.74, 6) is -0.0797. The number of hydrogen-bond donors (Lipinski definition) is 3. The van der Waals surface area contributed by atoms with E-state index in [4.69, 9.17) is 4.74 Å². The number of aliphatic hydroxyl groups is 2. The summed E-state index contributed by atoms with van der Waals surface area (Å²) in [4.78, 5) is 24.6. The van der Waals surface area contributed by atoms with Gasteiger partial charge in [0.15, 0.2) is 0 Å². The highest BCUT2D eigenvalue weighted by molar-refractivity contribution is 5.76. The second-order valence-corrected chi connectivity index (χ2v) is 23.1. The molecule has 0 aromatic carbocycles. The van der Waals surface area contributed by atoms with E-state index in [1.165, 1.54) is 283 Å². The van der Waals surface area contributed by atoms with Crippen LogP contribution < -0.4 is 5.32 Å². The number of rotatable bonds is 63. The van der Waals surface area contributed by atoms with Gasteiger partial charge in [0.1, 0.15) is 0 Å². The molecule has 0 aliphatic carbocycles. The smallest absolute Gasteiger partial charge is 0.305 e. The first kappa shape index (κ1) is 73.1. The van der Waals surface area contributed by atoms with Gasteiger partial charge in [-0.25, -0.2) is 0 Å². The zero-order chi connectivity index (χ0) is 54.3. The molecule has 442 valence electrons. The average molecular weight is 1050 g/mol. The number of unbranched alkanes of at least 4 members (excludes halogenated alkanes) is 48. The van der Waals surface area contributed by atoms with Crippen molar-refractivity contribution in [2.24, 2.45) is 0 Å². The topological polar surface area (TPSA) is 95.9 Å². The summed E-state index contributed by atoms with van der Waals surface area (Å²) in [7, 11) is 0. The molecule has 0 aromatic heterocycles. The van der Waals surface area contributed by atoms with Crippen molar-refractivity contribution < 1.29 is 24.5 Å². The second-order valence-electron chi connectivity index (χ2n) is 23.1. The molecule has 6 heteroatoms. The first-order valence-electron chi connectivity index (χ1n) is 33.8. The minimum absolute atomic E-state index is 0.000636. The van der Waals surface area contributed by atoms with Crippen LogP contribution in [0.25, 0.3) is 0 Å². The van der Waals surface area contributed by atoms with Crippen molar-refractivity contribution in [3.05, 3.63) is 36.5 Å². The van der Waals surface area contributed by atoms with Gasteiger partial charge in [-0.1, -0.05) is 307 Å². The van der Waals surface area contributed by atoms with Crippen LogP contribution in [0.2, 0.25) is 0 Å². The molecule has 75 heavy (non-hydrogen) atoms. The molecule has 3 N–H and O–H groups in total. The van der Waals surface area contributed by atoms with Crippen LogP contribution in [0.5, 0.6) is 0 Å². The summed E-state index contributed by atoms with van der Waals surface area (Å²) in [5, 5.41) is 23.2. The number of carbonyl (C=O) groups is 2. The molecule has 0 heterocycles. The van der Waals surface area contributed by atoms with Crippen LogP contribution in [0.4, 0.5) is 0 Å². The van der Waals surface area contributed by atoms with Gasteiger partial charge in [0.05, 0.1) is 25.4 Å². The Kier molecular flexibility index (Phi) is 63.0. The Morgan fingerprint density at radius 2 is 0.627 bits per heavy atom. The number of esters is 1. The number of hydrogen-bond acceptors (Lipinski definition) is 5. The zero-order valence-corrected chi connectivity index (χ0v) is 50.5. The standard InChI is InChI=1S/C69H131NO5/c1-3-5-7-9-11-13-15-17-19-21-22-23-24-25-26-30-33-37-41-45-49-53-57-61-67(72)66(65-71)70-68(73)62-58-54-50-46-42-38-34-31-27-28-32-36-40-44-48-52-56-60-64-75-69(74)63-59-55-51-47-43-39-35-29-20-18-16-14-12-10-8-6-4-2/h18,20,31,34,57,61,66-67,71-72H,3-17,19,21-30,32-33,35-56,58-60,62-65H2,1-2H3,(H,70,73)/b20-18-,34-31-,61-57+. The molecule has 2 unspecified atom stereocenters. The van der Waals surface area contributed by atoms with Crippen molar-refractivity contribution in [1.82, 2.24) is 5.32 Å². The highest BCUT2D eigenvalue weighted by Gasteiger charge is 2.18. The summed E-state index contributed by atoms with van der Waals surface area (Å²) < 4.78 is 5.49. The van der Waals surface area contributed by atoms with Gasteiger partial charge in [-0.15, -0.1) is 0 Å². The maximum Gasteiger partial charge on any atom is 0.305 e. The van der Waals surface area contributed by atoms with Crippen LogP contribution >= 0.6 is 0 Å². The second kappa shape index (κ2) is 64.6. The summed E-state index contributed by atoms with van der Waals surface area (Å²) >= 11 is 0. The fourth-order valence-corrected chi connectivity index (χ4v) is 10.4. The van der Waals surface area contributed by atoms with Gasteiger partial charge in [-0.2, -0.15) is 0 Å². The fourth-order valence-electron chi connectivity index (χ4n) is 10.4. The van der Waals surface area contributed by atoms with Crippen molar-refractivity contribution in [3.8, 4) is 0 Å². The maximum absolute atomic E-state index is 12.5. The monoisotopic (exact) mass is 1050 g/mol. The molecule has 0 spiro atoms. The Bertz CT molecular complexity index is 1210. The first-order valence-corrected chi connectivity index (χ1v) is 33.8. The van der Waals surface area contributed by atoms with Crippen molar-refractivity contribution in [1.29, 1.82) is 0 Å². The number of aliphatic hydroxyl groups excluding tert-OH is 2. The highest BCUT2D eigenvalue weighted by Crippen LogP contribution is 2.18. The van der Waals surface area contributed by atoms with Gasteiger partial charge in [-0.3, -0.25) is 9.59 Å². The van der Waals surface area contributed by atoms with Crippen molar-refractivity contribution in [2.75, 3.05) is 13.2 Å². The Hall–Kier alpha value is -1.92. The predicted molar refractivity (Wildman–Crippen MR) is 329 cm³/mol. The molecule has 0 saturated carbocycles. The normalized spacial score (nSPS) is 12.7. The van der Waals surface area contributed by atoms with Crippen LogP contribution in [0.3, 0.4) is 0 Å². The van der Waals surface area contributed by atoms with E-state index in [1.54, 1.807) is 6.08 Å². The Morgan fingerprint density at radius 1 is 0.360 bits per heavy atom. The average Bonchev–Trinajstić information content (AvgIpc) is 3.41. The Morgan fingerprint density at radius 3 is 0.947 bits per heavy atom. The minimum atomic E-state index is -0.855. The molecule has 0 saturated heterocycles. The van der Waals surface area contributed by atoms with E-state index in [2.05, 4.69) is 43.5 Å². The summed E-state index contributed by atoms with van der Waals surface area (Å²) in [6.07, 6.45) is 82.0. The van der Waals surface area contributed by atoms with E-state index in [-0.39, 0.29) is 18.5 Å². The van der Waals surface area contributed by atoms with E-state index in [0.717, 1.165) is 57.8 Å². The van der Waals surface area contributed by atoms with E-state index in [1.807, 2.05) is 6.08 Å². The molecule has 0 bridgehead atoms.